The molecule has 0 fully saturated rings. The molecule has 0 saturated heterocycles. The number of aromatic nitrogens is 1. The van der Waals surface area contributed by atoms with Crippen molar-refractivity contribution in [3.05, 3.63) is 48.2 Å². The molecular formula is C20H27NO. The molecule has 22 heavy (non-hydrogen) atoms. The smallest absolute Gasteiger partial charge is 0.123 e. The van der Waals surface area contributed by atoms with Crippen molar-refractivity contribution in [3.63, 3.8) is 0 Å². The van der Waals surface area contributed by atoms with E-state index < -0.39 is 0 Å². The number of ether oxygens (including phenoxy) is 1. The first-order valence-electron chi connectivity index (χ1n) is 8.38. The molecule has 0 bridgehead atoms. The lowest BCUT2D eigenvalue weighted by Crippen LogP contribution is -2.11. The van der Waals surface area contributed by atoms with Gasteiger partial charge in [0.15, 0.2) is 0 Å². The fraction of sp³-hybridized carbons (Fsp3) is 0.450. The van der Waals surface area contributed by atoms with Gasteiger partial charge in [0.1, 0.15) is 5.75 Å². The fourth-order valence-corrected chi connectivity index (χ4v) is 2.50. The van der Waals surface area contributed by atoms with Gasteiger partial charge in [-0.3, -0.25) is 4.98 Å². The van der Waals surface area contributed by atoms with Gasteiger partial charge in [-0.2, -0.15) is 0 Å². The lowest BCUT2D eigenvalue weighted by atomic mass is 10.0. The van der Waals surface area contributed by atoms with E-state index >= 15 is 0 Å². The standard InChI is InChI=1S/C20H27NO/c1-4-6-7-17(5-2)15-22-19-12-13-21-20(14-19)18-10-8-16(3)9-11-18/h8-14,17H,4-7,15H2,1-3H3. The molecule has 2 heteroatoms. The first kappa shape index (κ1) is 16.5. The van der Waals surface area contributed by atoms with Crippen molar-refractivity contribution in [1.29, 1.82) is 0 Å². The second kappa shape index (κ2) is 8.57. The molecule has 0 radical (unpaired) electrons. The first-order valence-corrected chi connectivity index (χ1v) is 8.38. The number of nitrogens with zero attached hydrogens (tertiary/aromatic N) is 1. The Morgan fingerprint density at radius 1 is 1.09 bits per heavy atom. The molecule has 0 spiro atoms. The summed E-state index contributed by atoms with van der Waals surface area (Å²) in [4.78, 5) is 4.46. The van der Waals surface area contributed by atoms with Crippen LogP contribution >= 0.6 is 0 Å². The predicted molar refractivity (Wildman–Crippen MR) is 93.2 cm³/mol. The Kier molecular flexibility index (Phi) is 6.45. The highest BCUT2D eigenvalue weighted by atomic mass is 16.5. The maximum atomic E-state index is 6.00. The maximum Gasteiger partial charge on any atom is 0.123 e. The van der Waals surface area contributed by atoms with E-state index in [-0.39, 0.29) is 0 Å². The zero-order chi connectivity index (χ0) is 15.8. The molecule has 1 atom stereocenters. The number of unbranched alkanes of at least 4 members (excludes halogenated alkanes) is 1. The van der Waals surface area contributed by atoms with Crippen molar-refractivity contribution in [2.45, 2.75) is 46.5 Å². The predicted octanol–water partition coefficient (Wildman–Crippen LogP) is 5.65. The van der Waals surface area contributed by atoms with E-state index in [2.05, 4.69) is 50.0 Å². The Morgan fingerprint density at radius 2 is 1.86 bits per heavy atom. The normalized spacial score (nSPS) is 12.1. The van der Waals surface area contributed by atoms with Crippen molar-refractivity contribution >= 4 is 0 Å². The topological polar surface area (TPSA) is 22.1 Å². The van der Waals surface area contributed by atoms with Gasteiger partial charge in [0, 0.05) is 17.8 Å². The molecule has 0 amide bonds. The Hall–Kier alpha value is -1.83. The quantitative estimate of drug-likeness (QED) is 0.628. The third-order valence-corrected chi connectivity index (χ3v) is 4.11. The average Bonchev–Trinajstić information content (AvgIpc) is 2.56. The number of pyridine rings is 1. The third kappa shape index (κ3) is 4.87. The van der Waals surface area contributed by atoms with Crippen LogP contribution in [0.2, 0.25) is 0 Å². The van der Waals surface area contributed by atoms with Crippen LogP contribution in [0.1, 0.15) is 45.1 Å². The molecule has 0 N–H and O–H groups in total. The summed E-state index contributed by atoms with van der Waals surface area (Å²) in [7, 11) is 0. The molecule has 1 aromatic heterocycles. The minimum absolute atomic E-state index is 0.649. The highest BCUT2D eigenvalue weighted by Crippen LogP contribution is 2.23. The van der Waals surface area contributed by atoms with E-state index in [0.717, 1.165) is 23.6 Å². The number of aryl methyl sites for hydroxylation is 1. The fourth-order valence-electron chi connectivity index (χ4n) is 2.50. The van der Waals surface area contributed by atoms with Crippen LogP contribution in [0.4, 0.5) is 0 Å². The Balaban J connectivity index is 2.00. The van der Waals surface area contributed by atoms with Crippen LogP contribution in [0.25, 0.3) is 11.3 Å². The second-order valence-electron chi connectivity index (χ2n) is 5.97. The summed E-state index contributed by atoms with van der Waals surface area (Å²) in [5.41, 5.74) is 3.37. The summed E-state index contributed by atoms with van der Waals surface area (Å²) in [5.74, 6) is 1.57. The van der Waals surface area contributed by atoms with Crippen LogP contribution in [-0.2, 0) is 0 Å². The van der Waals surface area contributed by atoms with Gasteiger partial charge in [0.05, 0.1) is 12.3 Å². The van der Waals surface area contributed by atoms with Crippen LogP contribution in [0, 0.1) is 12.8 Å². The van der Waals surface area contributed by atoms with Gasteiger partial charge in [-0.05, 0) is 25.3 Å². The number of hydrogen-bond acceptors (Lipinski definition) is 2. The van der Waals surface area contributed by atoms with Crippen LogP contribution in [0.5, 0.6) is 5.75 Å². The summed E-state index contributed by atoms with van der Waals surface area (Å²) in [5, 5.41) is 0. The van der Waals surface area contributed by atoms with Crippen LogP contribution in [0.15, 0.2) is 42.6 Å². The third-order valence-electron chi connectivity index (χ3n) is 4.11. The van der Waals surface area contributed by atoms with Crippen molar-refractivity contribution in [2.24, 2.45) is 5.92 Å². The van der Waals surface area contributed by atoms with E-state index in [1.165, 1.54) is 31.2 Å². The Morgan fingerprint density at radius 3 is 2.55 bits per heavy atom. The van der Waals surface area contributed by atoms with Crippen LogP contribution in [-0.4, -0.2) is 11.6 Å². The van der Waals surface area contributed by atoms with Gasteiger partial charge in [-0.25, -0.2) is 0 Å². The maximum absolute atomic E-state index is 6.00. The van der Waals surface area contributed by atoms with Gasteiger partial charge in [0.25, 0.3) is 0 Å². The average molecular weight is 297 g/mol. The Labute approximate surface area is 134 Å². The van der Waals surface area contributed by atoms with E-state index in [1.54, 1.807) is 0 Å². The number of hydrogen-bond donors (Lipinski definition) is 0. The van der Waals surface area contributed by atoms with E-state index in [0.29, 0.717) is 5.92 Å². The van der Waals surface area contributed by atoms with Gasteiger partial charge < -0.3 is 4.74 Å². The second-order valence-corrected chi connectivity index (χ2v) is 5.97. The van der Waals surface area contributed by atoms with Gasteiger partial charge in [0.2, 0.25) is 0 Å². The summed E-state index contributed by atoms with van der Waals surface area (Å²) in [6, 6.07) is 12.4. The van der Waals surface area contributed by atoms with Crippen molar-refractivity contribution in [1.82, 2.24) is 4.98 Å². The Bertz CT molecular complexity index is 562. The van der Waals surface area contributed by atoms with Gasteiger partial charge in [-0.1, -0.05) is 62.9 Å². The summed E-state index contributed by atoms with van der Waals surface area (Å²) in [6.45, 7) is 7.38. The number of rotatable bonds is 8. The van der Waals surface area contributed by atoms with E-state index in [9.17, 15) is 0 Å². The molecule has 0 saturated carbocycles. The summed E-state index contributed by atoms with van der Waals surface area (Å²) >= 11 is 0. The zero-order valence-corrected chi connectivity index (χ0v) is 14.0. The largest absolute Gasteiger partial charge is 0.493 e. The van der Waals surface area contributed by atoms with Gasteiger partial charge in [-0.15, -0.1) is 0 Å². The van der Waals surface area contributed by atoms with Gasteiger partial charge >= 0.3 is 0 Å². The lowest BCUT2D eigenvalue weighted by Gasteiger charge is -2.15. The molecular weight excluding hydrogens is 270 g/mol. The summed E-state index contributed by atoms with van der Waals surface area (Å²) in [6.07, 6.45) is 6.80. The highest BCUT2D eigenvalue weighted by molar-refractivity contribution is 5.60. The number of benzene rings is 1. The van der Waals surface area contributed by atoms with Crippen LogP contribution < -0.4 is 4.74 Å². The lowest BCUT2D eigenvalue weighted by molar-refractivity contribution is 0.233. The monoisotopic (exact) mass is 297 g/mol. The molecule has 2 nitrogen and oxygen atoms in total. The zero-order valence-electron chi connectivity index (χ0n) is 14.0. The SMILES string of the molecule is CCCCC(CC)COc1ccnc(-c2ccc(C)cc2)c1. The molecule has 1 aromatic carbocycles. The molecule has 0 aliphatic carbocycles. The molecule has 0 aliphatic heterocycles. The van der Waals surface area contributed by atoms with E-state index in [1.807, 2.05) is 18.3 Å². The molecule has 1 heterocycles. The molecule has 118 valence electrons. The van der Waals surface area contributed by atoms with Crippen molar-refractivity contribution < 1.29 is 4.74 Å². The highest BCUT2D eigenvalue weighted by Gasteiger charge is 2.08. The van der Waals surface area contributed by atoms with Crippen molar-refractivity contribution in [2.75, 3.05) is 6.61 Å². The van der Waals surface area contributed by atoms with Crippen LogP contribution in [0.3, 0.4) is 0 Å². The molecule has 2 aromatic rings. The van der Waals surface area contributed by atoms with E-state index in [4.69, 9.17) is 4.74 Å². The molecule has 1 unspecified atom stereocenters. The minimum atomic E-state index is 0.649. The van der Waals surface area contributed by atoms with Crippen molar-refractivity contribution in [3.8, 4) is 17.0 Å². The summed E-state index contributed by atoms with van der Waals surface area (Å²) < 4.78 is 6.00. The molecule has 0 aliphatic rings. The minimum Gasteiger partial charge on any atom is -0.493 e. The molecule has 2 rings (SSSR count). The first-order chi connectivity index (χ1) is 10.7.